The molecule has 2 heterocycles. The molecule has 2 aromatic rings. The molecule has 0 spiro atoms. The molecule has 1 aliphatic rings. The van der Waals surface area contributed by atoms with Crippen LogP contribution in [-0.4, -0.2) is 64.7 Å². The number of carbonyl (C=O) groups is 1. The van der Waals surface area contributed by atoms with E-state index in [9.17, 15) is 4.79 Å². The van der Waals surface area contributed by atoms with E-state index >= 15 is 0 Å². The van der Waals surface area contributed by atoms with Crippen molar-refractivity contribution < 1.29 is 9.53 Å². The van der Waals surface area contributed by atoms with Crippen LogP contribution in [0.25, 0.3) is 0 Å². The van der Waals surface area contributed by atoms with Crippen LogP contribution in [0.2, 0.25) is 0 Å². The van der Waals surface area contributed by atoms with Crippen molar-refractivity contribution in [3.63, 3.8) is 0 Å². The summed E-state index contributed by atoms with van der Waals surface area (Å²) in [5.41, 5.74) is 1.88. The first-order valence-corrected chi connectivity index (χ1v) is 11.9. The number of carbonyl (C=O) groups excluding carboxylic acids is 1. The minimum atomic E-state index is -0.0210. The van der Waals surface area contributed by atoms with Gasteiger partial charge in [-0.1, -0.05) is 37.7 Å². The van der Waals surface area contributed by atoms with Gasteiger partial charge >= 0.3 is 0 Å². The van der Waals surface area contributed by atoms with E-state index in [1.54, 1.807) is 11.8 Å². The summed E-state index contributed by atoms with van der Waals surface area (Å²) < 4.78 is 7.60. The molecule has 164 valence electrons. The normalized spacial score (nSPS) is 14.9. The molecule has 0 unspecified atom stereocenters. The van der Waals surface area contributed by atoms with Crippen LogP contribution < -0.4 is 5.32 Å². The van der Waals surface area contributed by atoms with Crippen molar-refractivity contribution in [2.75, 3.05) is 39.1 Å². The molecule has 0 atom stereocenters. The highest BCUT2D eigenvalue weighted by Gasteiger charge is 2.14. The summed E-state index contributed by atoms with van der Waals surface area (Å²) in [6.45, 7) is 10.2. The molecule has 30 heavy (non-hydrogen) atoms. The third-order valence-corrected chi connectivity index (χ3v) is 5.75. The molecule has 1 aromatic carbocycles. The predicted octanol–water partition coefficient (Wildman–Crippen LogP) is 2.85. The fraction of sp³-hybridized carbons (Fsp3) is 0.591. The first-order chi connectivity index (χ1) is 14.6. The molecule has 3 rings (SSSR count). The Balaban J connectivity index is 1.48. The third kappa shape index (κ3) is 6.55. The van der Waals surface area contributed by atoms with Crippen molar-refractivity contribution in [1.29, 1.82) is 0 Å². The molecule has 0 saturated carbocycles. The molecule has 1 amide bonds. The first kappa shape index (κ1) is 22.8. The lowest BCUT2D eigenvalue weighted by Crippen LogP contribution is -2.35. The van der Waals surface area contributed by atoms with Crippen LogP contribution in [0.15, 0.2) is 29.4 Å². The van der Waals surface area contributed by atoms with Gasteiger partial charge in [0.2, 0.25) is 0 Å². The molecule has 1 saturated heterocycles. The Morgan fingerprint density at radius 3 is 2.80 bits per heavy atom. The van der Waals surface area contributed by atoms with Crippen molar-refractivity contribution in [1.82, 2.24) is 25.0 Å². The molecule has 0 aliphatic carbocycles. The zero-order chi connectivity index (χ0) is 21.3. The number of hydrogen-bond donors (Lipinski definition) is 1. The van der Waals surface area contributed by atoms with Crippen LogP contribution in [0.5, 0.6) is 0 Å². The fourth-order valence-corrected chi connectivity index (χ4v) is 4.11. The molecule has 0 bridgehead atoms. The van der Waals surface area contributed by atoms with E-state index in [0.29, 0.717) is 18.0 Å². The van der Waals surface area contributed by atoms with E-state index < -0.39 is 0 Å². The summed E-state index contributed by atoms with van der Waals surface area (Å²) in [6.07, 6.45) is 3.67. The van der Waals surface area contributed by atoms with Crippen LogP contribution in [0.1, 0.15) is 42.0 Å². The number of hydrogen-bond acceptors (Lipinski definition) is 6. The zero-order valence-corrected chi connectivity index (χ0v) is 19.1. The second-order valence-electron chi connectivity index (χ2n) is 8.06. The minimum Gasteiger partial charge on any atom is -0.379 e. The molecule has 7 nitrogen and oxygen atoms in total. The van der Waals surface area contributed by atoms with Crippen LogP contribution in [0.4, 0.5) is 0 Å². The van der Waals surface area contributed by atoms with Crippen molar-refractivity contribution in [2.45, 2.75) is 44.9 Å². The highest BCUT2D eigenvalue weighted by Crippen LogP contribution is 2.17. The molecular formula is C22H33N5O2S. The number of ether oxygens (including phenoxy) is 1. The van der Waals surface area contributed by atoms with E-state index in [-0.39, 0.29) is 5.91 Å². The highest BCUT2D eigenvalue weighted by atomic mass is 32.2. The van der Waals surface area contributed by atoms with Crippen molar-refractivity contribution in [2.24, 2.45) is 5.92 Å². The number of thioether (sulfide) groups is 1. The molecular weight excluding hydrogens is 398 g/mol. The summed E-state index contributed by atoms with van der Waals surface area (Å²) in [5, 5.41) is 12.6. The molecule has 8 heteroatoms. The quantitative estimate of drug-likeness (QED) is 0.461. The van der Waals surface area contributed by atoms with E-state index in [1.807, 2.05) is 24.5 Å². The Kier molecular flexibility index (Phi) is 8.72. The van der Waals surface area contributed by atoms with Gasteiger partial charge in [-0.15, -0.1) is 10.2 Å². The summed E-state index contributed by atoms with van der Waals surface area (Å²) >= 11 is 1.62. The Morgan fingerprint density at radius 1 is 1.27 bits per heavy atom. The van der Waals surface area contributed by atoms with Gasteiger partial charge in [-0.05, 0) is 36.3 Å². The number of aryl methyl sites for hydroxylation is 1. The van der Waals surface area contributed by atoms with Gasteiger partial charge in [0, 0.05) is 44.7 Å². The van der Waals surface area contributed by atoms with E-state index in [4.69, 9.17) is 4.74 Å². The second kappa shape index (κ2) is 11.5. The van der Waals surface area contributed by atoms with Gasteiger partial charge in [-0.25, -0.2) is 0 Å². The number of nitrogens with one attached hydrogen (secondary N) is 1. The van der Waals surface area contributed by atoms with Crippen LogP contribution in [0.3, 0.4) is 0 Å². The number of rotatable bonds is 10. The number of aromatic nitrogens is 3. The Bertz CT molecular complexity index is 818. The third-order valence-electron chi connectivity index (χ3n) is 5.09. The predicted molar refractivity (Wildman–Crippen MR) is 120 cm³/mol. The molecule has 1 fully saturated rings. The smallest absolute Gasteiger partial charge is 0.251 e. The van der Waals surface area contributed by atoms with Gasteiger partial charge in [0.15, 0.2) is 5.16 Å². The maximum Gasteiger partial charge on any atom is 0.251 e. The van der Waals surface area contributed by atoms with Crippen molar-refractivity contribution >= 4 is 17.7 Å². The minimum absolute atomic E-state index is 0.0210. The average molecular weight is 432 g/mol. The average Bonchev–Trinajstić information content (AvgIpc) is 3.13. The highest BCUT2D eigenvalue weighted by molar-refractivity contribution is 7.98. The van der Waals surface area contributed by atoms with Gasteiger partial charge in [0.05, 0.1) is 13.2 Å². The largest absolute Gasteiger partial charge is 0.379 e. The van der Waals surface area contributed by atoms with Crippen molar-refractivity contribution in [3.05, 3.63) is 41.2 Å². The summed E-state index contributed by atoms with van der Waals surface area (Å²) in [4.78, 5) is 14.9. The molecule has 1 aromatic heterocycles. The summed E-state index contributed by atoms with van der Waals surface area (Å²) in [7, 11) is 0. The topological polar surface area (TPSA) is 72.3 Å². The van der Waals surface area contributed by atoms with Gasteiger partial charge < -0.3 is 14.6 Å². The lowest BCUT2D eigenvalue weighted by molar-refractivity contribution is 0.0342. The Labute approximate surface area is 183 Å². The van der Waals surface area contributed by atoms with Crippen LogP contribution in [0, 0.1) is 5.92 Å². The van der Waals surface area contributed by atoms with Crippen LogP contribution >= 0.6 is 11.8 Å². The number of benzene rings is 1. The number of amides is 1. The van der Waals surface area contributed by atoms with Gasteiger partial charge in [-0.2, -0.15) is 0 Å². The first-order valence-electron chi connectivity index (χ1n) is 10.7. The summed E-state index contributed by atoms with van der Waals surface area (Å²) in [5.74, 6) is 1.51. The zero-order valence-electron chi connectivity index (χ0n) is 18.3. The maximum absolute atomic E-state index is 12.6. The standard InChI is InChI=1S/C22H33N5O2S/c1-17(2)15-27-20(24-25-22(27)30-3)8-5-9-23-21(28)19-7-4-6-18(14-19)16-26-10-12-29-13-11-26/h4,6-7,14,17H,5,8-13,15-16H2,1-3H3,(H,23,28). The number of nitrogens with zero attached hydrogens (tertiary/aromatic N) is 4. The number of morpholine rings is 1. The monoisotopic (exact) mass is 431 g/mol. The molecule has 1 aliphatic heterocycles. The fourth-order valence-electron chi connectivity index (χ4n) is 3.58. The summed E-state index contributed by atoms with van der Waals surface area (Å²) in [6, 6.07) is 7.91. The Morgan fingerprint density at radius 2 is 2.07 bits per heavy atom. The van der Waals surface area contributed by atoms with Crippen LogP contribution in [-0.2, 0) is 24.2 Å². The maximum atomic E-state index is 12.6. The van der Waals surface area contributed by atoms with Gasteiger partial charge in [0.1, 0.15) is 5.82 Å². The van der Waals surface area contributed by atoms with Gasteiger partial charge in [0.25, 0.3) is 5.91 Å². The van der Waals surface area contributed by atoms with E-state index in [2.05, 4.69) is 44.9 Å². The van der Waals surface area contributed by atoms with Gasteiger partial charge in [-0.3, -0.25) is 9.69 Å². The Hall–Kier alpha value is -1.90. The SMILES string of the molecule is CSc1nnc(CCCNC(=O)c2cccc(CN3CCOCC3)c2)n1CC(C)C. The lowest BCUT2D eigenvalue weighted by atomic mass is 10.1. The van der Waals surface area contributed by atoms with E-state index in [1.165, 1.54) is 0 Å². The van der Waals surface area contributed by atoms with Crippen molar-refractivity contribution in [3.8, 4) is 0 Å². The molecule has 1 N–H and O–H groups in total. The lowest BCUT2D eigenvalue weighted by Gasteiger charge is -2.26. The molecule has 0 radical (unpaired) electrons. The van der Waals surface area contributed by atoms with E-state index in [0.717, 1.165) is 68.8 Å². The second-order valence-corrected chi connectivity index (χ2v) is 8.83.